The van der Waals surface area contributed by atoms with Gasteiger partial charge in [0.2, 0.25) is 5.88 Å². The van der Waals surface area contributed by atoms with Gasteiger partial charge in [-0.05, 0) is 19.1 Å². The molecule has 0 bridgehead atoms. The van der Waals surface area contributed by atoms with Crippen molar-refractivity contribution < 1.29 is 9.84 Å². The summed E-state index contributed by atoms with van der Waals surface area (Å²) in [6, 6.07) is 8.19. The van der Waals surface area contributed by atoms with Crippen LogP contribution in [-0.4, -0.2) is 27.9 Å². The Kier molecular flexibility index (Phi) is 4.76. The number of aryl methyl sites for hydroxylation is 1. The molecule has 1 atom stereocenters. The van der Waals surface area contributed by atoms with E-state index in [0.717, 1.165) is 4.90 Å². The third kappa shape index (κ3) is 3.68. The Morgan fingerprint density at radius 2 is 1.89 bits per heavy atom. The van der Waals surface area contributed by atoms with Gasteiger partial charge in [0.15, 0.2) is 0 Å². The molecular formula is C14H16N2O2S. The monoisotopic (exact) mass is 276 g/mol. The zero-order valence-corrected chi connectivity index (χ0v) is 11.7. The summed E-state index contributed by atoms with van der Waals surface area (Å²) in [5.74, 6) is 0.887. The smallest absolute Gasteiger partial charge is 0.238 e. The number of ether oxygens (including phenoxy) is 1. The van der Waals surface area contributed by atoms with Crippen LogP contribution in [0.25, 0.3) is 0 Å². The van der Waals surface area contributed by atoms with Gasteiger partial charge in [0, 0.05) is 23.0 Å². The Morgan fingerprint density at radius 1 is 1.21 bits per heavy atom. The third-order valence-corrected chi connectivity index (χ3v) is 3.72. The first kappa shape index (κ1) is 13.8. The Hall–Kier alpha value is -1.59. The van der Waals surface area contributed by atoms with Gasteiger partial charge in [-0.3, -0.25) is 4.98 Å². The molecule has 2 rings (SSSR count). The van der Waals surface area contributed by atoms with E-state index in [1.54, 1.807) is 24.2 Å². The van der Waals surface area contributed by atoms with Crippen molar-refractivity contribution in [3.05, 3.63) is 47.9 Å². The summed E-state index contributed by atoms with van der Waals surface area (Å²) in [5.41, 5.74) is 1.70. The van der Waals surface area contributed by atoms with E-state index in [9.17, 15) is 5.11 Å². The molecule has 1 N–H and O–H groups in total. The van der Waals surface area contributed by atoms with Gasteiger partial charge >= 0.3 is 0 Å². The Morgan fingerprint density at radius 3 is 2.58 bits per heavy atom. The van der Waals surface area contributed by atoms with E-state index in [1.807, 2.05) is 19.1 Å². The van der Waals surface area contributed by atoms with E-state index >= 15 is 0 Å². The number of rotatable bonds is 5. The van der Waals surface area contributed by atoms with Crippen LogP contribution >= 0.6 is 11.8 Å². The highest BCUT2D eigenvalue weighted by molar-refractivity contribution is 7.99. The molecule has 2 aromatic rings. The number of benzene rings is 1. The van der Waals surface area contributed by atoms with Crippen LogP contribution in [0.4, 0.5) is 0 Å². The lowest BCUT2D eigenvalue weighted by Crippen LogP contribution is -2.06. The fraction of sp³-hybridized carbons (Fsp3) is 0.286. The number of nitrogens with zero attached hydrogens (tertiary/aromatic N) is 2. The SMILES string of the molecule is COc1nccnc1C(O)CSc1ccc(C)cc1. The molecule has 1 unspecified atom stereocenters. The highest BCUT2D eigenvalue weighted by atomic mass is 32.2. The Bertz CT molecular complexity index is 531. The first-order valence-electron chi connectivity index (χ1n) is 5.93. The number of aliphatic hydroxyl groups is 1. The fourth-order valence-corrected chi connectivity index (χ4v) is 2.45. The van der Waals surface area contributed by atoms with Crippen molar-refractivity contribution in [1.82, 2.24) is 9.97 Å². The van der Waals surface area contributed by atoms with Crippen molar-refractivity contribution >= 4 is 11.8 Å². The molecule has 0 aliphatic carbocycles. The van der Waals surface area contributed by atoms with Crippen LogP contribution in [-0.2, 0) is 0 Å². The number of aliphatic hydroxyl groups excluding tert-OH is 1. The number of aromatic nitrogens is 2. The number of hydrogen-bond acceptors (Lipinski definition) is 5. The predicted molar refractivity (Wildman–Crippen MR) is 75.4 cm³/mol. The molecule has 100 valence electrons. The first-order chi connectivity index (χ1) is 9.20. The van der Waals surface area contributed by atoms with Crippen molar-refractivity contribution in [2.75, 3.05) is 12.9 Å². The summed E-state index contributed by atoms with van der Waals surface area (Å²) in [5, 5.41) is 10.1. The maximum Gasteiger partial charge on any atom is 0.238 e. The second kappa shape index (κ2) is 6.54. The number of thioether (sulfide) groups is 1. The summed E-state index contributed by atoms with van der Waals surface area (Å²) in [4.78, 5) is 9.27. The van der Waals surface area contributed by atoms with Gasteiger partial charge in [-0.15, -0.1) is 11.8 Å². The summed E-state index contributed by atoms with van der Waals surface area (Å²) >= 11 is 1.58. The molecule has 0 amide bonds. The number of methoxy groups -OCH3 is 1. The summed E-state index contributed by atoms with van der Waals surface area (Å²) in [7, 11) is 1.52. The molecule has 1 aromatic carbocycles. The van der Waals surface area contributed by atoms with E-state index in [-0.39, 0.29) is 0 Å². The van der Waals surface area contributed by atoms with Gasteiger partial charge in [0.25, 0.3) is 0 Å². The average molecular weight is 276 g/mol. The minimum Gasteiger partial charge on any atom is -0.480 e. The fourth-order valence-electron chi connectivity index (χ4n) is 1.61. The van der Waals surface area contributed by atoms with Crippen molar-refractivity contribution in [3.8, 4) is 5.88 Å². The minimum absolute atomic E-state index is 0.375. The normalized spacial score (nSPS) is 12.2. The van der Waals surface area contributed by atoms with Crippen molar-refractivity contribution in [3.63, 3.8) is 0 Å². The van der Waals surface area contributed by atoms with Gasteiger partial charge in [0.05, 0.1) is 7.11 Å². The highest BCUT2D eigenvalue weighted by Gasteiger charge is 2.15. The van der Waals surface area contributed by atoms with Crippen LogP contribution in [0.2, 0.25) is 0 Å². The Labute approximate surface area is 116 Å². The Balaban J connectivity index is 2.01. The van der Waals surface area contributed by atoms with Gasteiger partial charge < -0.3 is 9.84 Å². The molecule has 0 spiro atoms. The van der Waals surface area contributed by atoms with Gasteiger partial charge in [-0.2, -0.15) is 0 Å². The number of hydrogen-bond donors (Lipinski definition) is 1. The zero-order chi connectivity index (χ0) is 13.7. The molecule has 4 nitrogen and oxygen atoms in total. The van der Waals surface area contributed by atoms with Crippen molar-refractivity contribution in [2.24, 2.45) is 0 Å². The summed E-state index contributed by atoms with van der Waals surface area (Å²) in [6.07, 6.45) is 2.40. The molecule has 0 aliphatic rings. The average Bonchev–Trinajstić information content (AvgIpc) is 2.46. The molecule has 0 saturated carbocycles. The maximum absolute atomic E-state index is 10.1. The lowest BCUT2D eigenvalue weighted by atomic mass is 10.2. The second-order valence-electron chi connectivity index (χ2n) is 4.09. The first-order valence-corrected chi connectivity index (χ1v) is 6.91. The third-order valence-electron chi connectivity index (χ3n) is 2.63. The van der Waals surface area contributed by atoms with E-state index in [4.69, 9.17) is 4.74 Å². The summed E-state index contributed by atoms with van der Waals surface area (Å²) < 4.78 is 5.09. The lowest BCUT2D eigenvalue weighted by molar-refractivity contribution is 0.192. The van der Waals surface area contributed by atoms with Crippen molar-refractivity contribution in [1.29, 1.82) is 0 Å². The summed E-state index contributed by atoms with van der Waals surface area (Å²) in [6.45, 7) is 2.05. The van der Waals surface area contributed by atoms with Crippen LogP contribution in [0, 0.1) is 6.92 Å². The zero-order valence-electron chi connectivity index (χ0n) is 10.9. The van der Waals surface area contributed by atoms with Crippen LogP contribution in [0.15, 0.2) is 41.6 Å². The van der Waals surface area contributed by atoms with Crippen LogP contribution in [0.5, 0.6) is 5.88 Å². The largest absolute Gasteiger partial charge is 0.480 e. The molecule has 0 saturated heterocycles. The molecule has 1 aromatic heterocycles. The predicted octanol–water partition coefficient (Wildman–Crippen LogP) is 2.62. The van der Waals surface area contributed by atoms with Crippen LogP contribution in [0.1, 0.15) is 17.4 Å². The van der Waals surface area contributed by atoms with Crippen LogP contribution in [0.3, 0.4) is 0 Å². The van der Waals surface area contributed by atoms with Crippen molar-refractivity contribution in [2.45, 2.75) is 17.9 Å². The molecule has 0 fully saturated rings. The van der Waals surface area contributed by atoms with E-state index in [0.29, 0.717) is 17.3 Å². The van der Waals surface area contributed by atoms with Gasteiger partial charge in [-0.1, -0.05) is 17.7 Å². The molecule has 5 heteroatoms. The molecule has 0 aliphatic heterocycles. The van der Waals surface area contributed by atoms with E-state index in [1.165, 1.54) is 12.7 Å². The molecular weight excluding hydrogens is 260 g/mol. The molecule has 19 heavy (non-hydrogen) atoms. The van der Waals surface area contributed by atoms with E-state index in [2.05, 4.69) is 22.1 Å². The van der Waals surface area contributed by atoms with Gasteiger partial charge in [-0.25, -0.2) is 4.98 Å². The topological polar surface area (TPSA) is 55.2 Å². The minimum atomic E-state index is -0.699. The quantitative estimate of drug-likeness (QED) is 0.851. The second-order valence-corrected chi connectivity index (χ2v) is 5.18. The van der Waals surface area contributed by atoms with E-state index < -0.39 is 6.10 Å². The molecule has 0 radical (unpaired) electrons. The highest BCUT2D eigenvalue weighted by Crippen LogP contribution is 2.27. The van der Waals surface area contributed by atoms with Gasteiger partial charge in [0.1, 0.15) is 11.8 Å². The maximum atomic E-state index is 10.1. The molecule has 1 heterocycles. The van der Waals surface area contributed by atoms with Crippen LogP contribution < -0.4 is 4.74 Å². The lowest BCUT2D eigenvalue weighted by Gasteiger charge is -2.12. The standard InChI is InChI=1S/C14H16N2O2S/c1-10-3-5-11(6-4-10)19-9-12(17)13-14(18-2)16-8-7-15-13/h3-8,12,17H,9H2,1-2H3.